The summed E-state index contributed by atoms with van der Waals surface area (Å²) in [6.07, 6.45) is 5.69. The Kier molecular flexibility index (Phi) is 4.50. The second-order valence-corrected chi connectivity index (χ2v) is 6.48. The number of carboxylic acid groups (broad SMARTS) is 1. The Morgan fingerprint density at radius 2 is 2.35 bits per heavy atom. The minimum atomic E-state index is -1.19. The van der Waals surface area contributed by atoms with Crippen LogP contribution in [-0.4, -0.2) is 33.7 Å². The standard InChI is InChI=1S/C16H18BrN3O3/c1-2-10-13-12(7-19-15(10)17)20(9-4-3-5-18-6-9)8-11(14(13)21)16(22)23/h7-9,18H,2-6H2,1H3,(H,22,23). The van der Waals surface area contributed by atoms with Crippen LogP contribution in [0.3, 0.4) is 0 Å². The van der Waals surface area contributed by atoms with Crippen LogP contribution >= 0.6 is 15.9 Å². The second-order valence-electron chi connectivity index (χ2n) is 5.73. The molecular formula is C16H18BrN3O3. The SMILES string of the molecule is CCc1c(Br)ncc2c1c(=O)c(C(=O)O)cn2C1CCCNC1. The van der Waals surface area contributed by atoms with E-state index in [9.17, 15) is 14.7 Å². The summed E-state index contributed by atoms with van der Waals surface area (Å²) in [6.45, 7) is 3.65. The van der Waals surface area contributed by atoms with Crippen LogP contribution in [0.5, 0.6) is 0 Å². The molecule has 1 aliphatic heterocycles. The summed E-state index contributed by atoms with van der Waals surface area (Å²) >= 11 is 3.37. The number of hydrogen-bond donors (Lipinski definition) is 2. The summed E-state index contributed by atoms with van der Waals surface area (Å²) in [5.41, 5.74) is 0.838. The highest BCUT2D eigenvalue weighted by Crippen LogP contribution is 2.27. The molecule has 2 N–H and O–H groups in total. The number of rotatable bonds is 3. The lowest BCUT2D eigenvalue weighted by Crippen LogP contribution is -2.33. The number of hydrogen-bond acceptors (Lipinski definition) is 4. The molecular weight excluding hydrogens is 362 g/mol. The van der Waals surface area contributed by atoms with Crippen LogP contribution in [0, 0.1) is 0 Å². The van der Waals surface area contributed by atoms with Crippen LogP contribution in [0.4, 0.5) is 0 Å². The lowest BCUT2D eigenvalue weighted by atomic mass is 10.0. The molecule has 1 unspecified atom stereocenters. The fourth-order valence-electron chi connectivity index (χ4n) is 3.22. The summed E-state index contributed by atoms with van der Waals surface area (Å²) in [5.74, 6) is -1.19. The minimum Gasteiger partial charge on any atom is -0.477 e. The van der Waals surface area contributed by atoms with Crippen molar-refractivity contribution in [1.82, 2.24) is 14.9 Å². The average Bonchev–Trinajstić information content (AvgIpc) is 2.56. The van der Waals surface area contributed by atoms with Gasteiger partial charge in [-0.2, -0.15) is 0 Å². The Morgan fingerprint density at radius 3 is 2.96 bits per heavy atom. The molecule has 1 atom stereocenters. The zero-order chi connectivity index (χ0) is 16.6. The highest BCUT2D eigenvalue weighted by molar-refractivity contribution is 9.10. The number of nitrogens with zero attached hydrogens (tertiary/aromatic N) is 2. The van der Waals surface area contributed by atoms with Gasteiger partial charge < -0.3 is 15.0 Å². The molecule has 3 heterocycles. The van der Waals surface area contributed by atoms with Crippen LogP contribution in [0.25, 0.3) is 10.9 Å². The number of aromatic nitrogens is 2. The molecule has 3 rings (SSSR count). The van der Waals surface area contributed by atoms with E-state index < -0.39 is 11.4 Å². The van der Waals surface area contributed by atoms with Crippen LogP contribution in [0.1, 0.15) is 41.7 Å². The molecule has 0 radical (unpaired) electrons. The van der Waals surface area contributed by atoms with Crippen molar-refractivity contribution in [3.63, 3.8) is 0 Å². The number of pyridine rings is 2. The molecule has 23 heavy (non-hydrogen) atoms. The largest absolute Gasteiger partial charge is 0.477 e. The molecule has 1 saturated heterocycles. The molecule has 0 amide bonds. The van der Waals surface area contributed by atoms with Gasteiger partial charge in [0.2, 0.25) is 5.43 Å². The lowest BCUT2D eigenvalue weighted by Gasteiger charge is -2.27. The number of aryl methyl sites for hydroxylation is 1. The Labute approximate surface area is 141 Å². The summed E-state index contributed by atoms with van der Waals surface area (Å²) in [7, 11) is 0. The minimum absolute atomic E-state index is 0.123. The van der Waals surface area contributed by atoms with E-state index in [1.807, 2.05) is 11.5 Å². The molecule has 7 heteroatoms. The molecule has 122 valence electrons. The Bertz CT molecular complexity index is 825. The predicted molar refractivity (Wildman–Crippen MR) is 91.2 cm³/mol. The summed E-state index contributed by atoms with van der Waals surface area (Å²) in [6, 6.07) is 0.123. The normalized spacial score (nSPS) is 18.3. The highest BCUT2D eigenvalue weighted by Gasteiger charge is 2.23. The van der Waals surface area contributed by atoms with Gasteiger partial charge in [0, 0.05) is 18.8 Å². The van der Waals surface area contributed by atoms with Crippen LogP contribution in [0.2, 0.25) is 0 Å². The van der Waals surface area contributed by atoms with Gasteiger partial charge >= 0.3 is 5.97 Å². The summed E-state index contributed by atoms with van der Waals surface area (Å²) in [5, 5.41) is 13.2. The number of nitrogens with one attached hydrogen (secondary N) is 1. The zero-order valence-corrected chi connectivity index (χ0v) is 14.4. The summed E-state index contributed by atoms with van der Waals surface area (Å²) in [4.78, 5) is 28.5. The van der Waals surface area contributed by atoms with Crippen LogP contribution in [-0.2, 0) is 6.42 Å². The first-order chi connectivity index (χ1) is 11.0. The Balaban J connectivity index is 2.37. The number of piperidine rings is 1. The molecule has 1 aliphatic rings. The first kappa shape index (κ1) is 16.1. The van der Waals surface area contributed by atoms with Crippen LogP contribution < -0.4 is 10.7 Å². The van der Waals surface area contributed by atoms with E-state index in [2.05, 4.69) is 26.2 Å². The van der Waals surface area contributed by atoms with E-state index in [1.54, 1.807) is 6.20 Å². The van der Waals surface area contributed by atoms with E-state index in [4.69, 9.17) is 0 Å². The number of carboxylic acids is 1. The van der Waals surface area contributed by atoms with Crippen molar-refractivity contribution >= 4 is 32.8 Å². The van der Waals surface area contributed by atoms with Crippen molar-refractivity contribution in [2.75, 3.05) is 13.1 Å². The first-order valence-corrected chi connectivity index (χ1v) is 8.50. The summed E-state index contributed by atoms with van der Waals surface area (Å²) < 4.78 is 2.51. The quantitative estimate of drug-likeness (QED) is 0.799. The highest BCUT2D eigenvalue weighted by atomic mass is 79.9. The van der Waals surface area contributed by atoms with Gasteiger partial charge in [0.1, 0.15) is 10.2 Å². The number of fused-ring (bicyclic) bond motifs is 1. The second kappa shape index (κ2) is 6.41. The topological polar surface area (TPSA) is 84.2 Å². The molecule has 0 aliphatic carbocycles. The first-order valence-electron chi connectivity index (χ1n) is 7.70. The van der Waals surface area contributed by atoms with Crippen molar-refractivity contribution < 1.29 is 9.90 Å². The van der Waals surface area contributed by atoms with Gasteiger partial charge in [-0.3, -0.25) is 4.79 Å². The van der Waals surface area contributed by atoms with Gasteiger partial charge in [0.05, 0.1) is 17.1 Å². The molecule has 0 bridgehead atoms. The molecule has 1 fully saturated rings. The third-order valence-electron chi connectivity index (χ3n) is 4.37. The van der Waals surface area contributed by atoms with E-state index in [0.717, 1.165) is 31.5 Å². The lowest BCUT2D eigenvalue weighted by molar-refractivity contribution is 0.0694. The zero-order valence-electron chi connectivity index (χ0n) is 12.8. The Morgan fingerprint density at radius 1 is 1.57 bits per heavy atom. The maximum Gasteiger partial charge on any atom is 0.341 e. The van der Waals surface area contributed by atoms with E-state index >= 15 is 0 Å². The monoisotopic (exact) mass is 379 g/mol. The molecule has 0 aromatic carbocycles. The van der Waals surface area contributed by atoms with E-state index in [0.29, 0.717) is 21.9 Å². The van der Waals surface area contributed by atoms with Crippen molar-refractivity contribution in [3.05, 3.63) is 38.3 Å². The smallest absolute Gasteiger partial charge is 0.341 e. The van der Waals surface area contributed by atoms with Crippen molar-refractivity contribution in [2.45, 2.75) is 32.2 Å². The average molecular weight is 380 g/mol. The van der Waals surface area contributed by atoms with Gasteiger partial charge in [0.25, 0.3) is 0 Å². The van der Waals surface area contributed by atoms with Crippen molar-refractivity contribution in [3.8, 4) is 0 Å². The molecule has 2 aromatic rings. The number of halogens is 1. The molecule has 2 aromatic heterocycles. The van der Waals surface area contributed by atoms with Gasteiger partial charge in [-0.05, 0) is 47.3 Å². The maximum absolute atomic E-state index is 12.7. The Hall–Kier alpha value is -1.73. The van der Waals surface area contributed by atoms with E-state index in [-0.39, 0.29) is 11.6 Å². The molecule has 6 nitrogen and oxygen atoms in total. The number of carbonyl (C=O) groups is 1. The van der Waals surface area contributed by atoms with Crippen molar-refractivity contribution in [1.29, 1.82) is 0 Å². The van der Waals surface area contributed by atoms with Gasteiger partial charge in [0.15, 0.2) is 0 Å². The molecule has 0 spiro atoms. The predicted octanol–water partition coefficient (Wildman–Crippen LogP) is 2.34. The van der Waals surface area contributed by atoms with Gasteiger partial charge in [-0.15, -0.1) is 0 Å². The fraction of sp³-hybridized carbons (Fsp3) is 0.438. The molecule has 0 saturated carbocycles. The fourth-order valence-corrected chi connectivity index (χ4v) is 3.80. The van der Waals surface area contributed by atoms with Crippen LogP contribution in [0.15, 0.2) is 21.8 Å². The maximum atomic E-state index is 12.7. The van der Waals surface area contributed by atoms with Gasteiger partial charge in [-0.1, -0.05) is 6.92 Å². The third kappa shape index (κ3) is 2.79. The third-order valence-corrected chi connectivity index (χ3v) is 5.06. The number of aromatic carboxylic acids is 1. The van der Waals surface area contributed by atoms with Gasteiger partial charge in [-0.25, -0.2) is 9.78 Å². The van der Waals surface area contributed by atoms with Crippen molar-refractivity contribution in [2.24, 2.45) is 0 Å². The van der Waals surface area contributed by atoms with E-state index in [1.165, 1.54) is 6.20 Å².